The summed E-state index contributed by atoms with van der Waals surface area (Å²) in [7, 11) is 0. The third kappa shape index (κ3) is 1.94. The second-order valence-electron chi connectivity index (χ2n) is 3.48. The van der Waals surface area contributed by atoms with E-state index < -0.39 is 11.6 Å². The maximum Gasteiger partial charge on any atom is 0.341 e. The molecule has 0 heterocycles. The third-order valence-corrected chi connectivity index (χ3v) is 2.37. The molecular weight excluding hydrogens is 161 g/mol. The molecule has 0 unspecified atom stereocenters. The molecule has 0 aromatic heterocycles. The number of carboxylic acids is 1. The Kier molecular flexibility index (Phi) is 2.67. The van der Waals surface area contributed by atoms with E-state index in [0.717, 1.165) is 12.8 Å². The lowest BCUT2D eigenvalue weighted by atomic mass is 9.95. The van der Waals surface area contributed by atoms with E-state index in [1.165, 1.54) is 0 Å². The lowest BCUT2D eigenvalue weighted by Crippen LogP contribution is -2.38. The van der Waals surface area contributed by atoms with Gasteiger partial charge in [0.15, 0.2) is 0 Å². The Hall–Kier alpha value is -0.640. The molecule has 0 spiro atoms. The Labute approximate surface area is 70.7 Å². The predicted molar refractivity (Wildman–Crippen MR) is 42.5 cm³/mol. The molecule has 70 valence electrons. The fourth-order valence-electron chi connectivity index (χ4n) is 1.63. The smallest absolute Gasteiger partial charge is 0.341 e. The molecule has 0 bridgehead atoms. The summed E-state index contributed by atoms with van der Waals surface area (Å²) >= 11 is 0. The van der Waals surface area contributed by atoms with Gasteiger partial charge < -0.3 is 10.8 Å². The minimum Gasteiger partial charge on any atom is -0.479 e. The highest BCUT2D eigenvalue weighted by molar-refractivity contribution is 5.77. The van der Waals surface area contributed by atoms with Crippen molar-refractivity contribution in [3.05, 3.63) is 0 Å². The monoisotopic (exact) mass is 175 g/mol. The normalized spacial score (nSPS) is 37.3. The van der Waals surface area contributed by atoms with Crippen LogP contribution < -0.4 is 5.73 Å². The van der Waals surface area contributed by atoms with Crippen molar-refractivity contribution in [2.45, 2.75) is 43.8 Å². The molecule has 1 aliphatic rings. The summed E-state index contributed by atoms with van der Waals surface area (Å²) in [4.78, 5) is 10.5. The molecule has 0 aromatic rings. The molecule has 4 heteroatoms. The van der Waals surface area contributed by atoms with Crippen LogP contribution in [0.4, 0.5) is 4.39 Å². The van der Waals surface area contributed by atoms with E-state index in [0.29, 0.717) is 6.42 Å². The van der Waals surface area contributed by atoms with Crippen LogP contribution in [-0.2, 0) is 4.79 Å². The first-order valence-electron chi connectivity index (χ1n) is 4.22. The first kappa shape index (κ1) is 9.45. The molecule has 1 saturated carbocycles. The first-order valence-corrected chi connectivity index (χ1v) is 4.22. The van der Waals surface area contributed by atoms with Crippen molar-refractivity contribution >= 4 is 5.97 Å². The largest absolute Gasteiger partial charge is 0.479 e. The van der Waals surface area contributed by atoms with Gasteiger partial charge in [0.05, 0.1) is 0 Å². The molecule has 1 aliphatic carbocycles. The highest BCUT2D eigenvalue weighted by atomic mass is 19.1. The number of hydrogen-bond acceptors (Lipinski definition) is 2. The van der Waals surface area contributed by atoms with Crippen molar-refractivity contribution in [3.63, 3.8) is 0 Å². The van der Waals surface area contributed by atoms with Crippen LogP contribution in [0.5, 0.6) is 0 Å². The van der Waals surface area contributed by atoms with Gasteiger partial charge in [-0.2, -0.15) is 0 Å². The van der Waals surface area contributed by atoms with E-state index in [9.17, 15) is 9.18 Å². The van der Waals surface area contributed by atoms with Crippen LogP contribution in [0.15, 0.2) is 0 Å². The Bertz CT molecular complexity index is 186. The Morgan fingerprint density at radius 3 is 2.83 bits per heavy atom. The van der Waals surface area contributed by atoms with Crippen LogP contribution in [-0.4, -0.2) is 22.8 Å². The average Bonchev–Trinajstić information content (AvgIpc) is 2.12. The second kappa shape index (κ2) is 3.39. The van der Waals surface area contributed by atoms with Gasteiger partial charge in [0.25, 0.3) is 0 Å². The molecule has 0 radical (unpaired) electrons. The summed E-state index contributed by atoms with van der Waals surface area (Å²) in [5.74, 6) is -1.36. The molecule has 12 heavy (non-hydrogen) atoms. The van der Waals surface area contributed by atoms with Gasteiger partial charge in [-0.05, 0) is 19.3 Å². The number of hydrogen-bond donors (Lipinski definition) is 2. The van der Waals surface area contributed by atoms with Crippen LogP contribution in [0.1, 0.15) is 32.1 Å². The van der Waals surface area contributed by atoms with E-state index in [4.69, 9.17) is 10.8 Å². The Balaban J connectivity index is 2.67. The van der Waals surface area contributed by atoms with Gasteiger partial charge in [-0.1, -0.05) is 6.42 Å². The molecule has 0 saturated heterocycles. The Morgan fingerprint density at radius 2 is 2.25 bits per heavy atom. The number of halogens is 1. The average molecular weight is 175 g/mol. The van der Waals surface area contributed by atoms with Crippen molar-refractivity contribution in [3.8, 4) is 0 Å². The molecular formula is C8H14FNO2. The van der Waals surface area contributed by atoms with Crippen molar-refractivity contribution in [2.75, 3.05) is 0 Å². The molecule has 0 aromatic carbocycles. The summed E-state index contributed by atoms with van der Waals surface area (Å²) in [6.45, 7) is 0. The van der Waals surface area contributed by atoms with Gasteiger partial charge in [-0.15, -0.1) is 0 Å². The fourth-order valence-corrected chi connectivity index (χ4v) is 1.63. The highest BCUT2D eigenvalue weighted by Crippen LogP contribution is 2.30. The SMILES string of the molecule is N[C@@H]1CCCC[C@@](F)(C(=O)O)C1. The van der Waals surface area contributed by atoms with E-state index in [2.05, 4.69) is 0 Å². The zero-order chi connectivity index (χ0) is 9.19. The molecule has 2 atom stereocenters. The van der Waals surface area contributed by atoms with Gasteiger partial charge >= 0.3 is 5.97 Å². The van der Waals surface area contributed by atoms with Crippen molar-refractivity contribution < 1.29 is 14.3 Å². The van der Waals surface area contributed by atoms with Gasteiger partial charge in [-0.3, -0.25) is 0 Å². The summed E-state index contributed by atoms with van der Waals surface area (Å²) in [5, 5.41) is 8.61. The third-order valence-electron chi connectivity index (χ3n) is 2.37. The standard InChI is InChI=1S/C8H14FNO2/c9-8(7(11)12)4-2-1-3-6(10)5-8/h6H,1-5,10H2,(H,11,12)/t6-,8+/m1/s1. The lowest BCUT2D eigenvalue weighted by molar-refractivity contribution is -0.152. The molecule has 0 amide bonds. The van der Waals surface area contributed by atoms with E-state index in [-0.39, 0.29) is 18.9 Å². The number of alkyl halides is 1. The maximum absolute atomic E-state index is 13.5. The van der Waals surface area contributed by atoms with Crippen LogP contribution in [0.2, 0.25) is 0 Å². The van der Waals surface area contributed by atoms with Gasteiger partial charge in [0.2, 0.25) is 5.67 Å². The van der Waals surface area contributed by atoms with Crippen LogP contribution in [0.3, 0.4) is 0 Å². The minimum absolute atomic E-state index is 0.0394. The van der Waals surface area contributed by atoms with Gasteiger partial charge in [-0.25, -0.2) is 9.18 Å². The van der Waals surface area contributed by atoms with Gasteiger partial charge in [0.1, 0.15) is 0 Å². The number of nitrogens with two attached hydrogens (primary N) is 1. The number of aliphatic carboxylic acids is 1. The molecule has 1 fully saturated rings. The van der Waals surface area contributed by atoms with Crippen LogP contribution in [0, 0.1) is 0 Å². The van der Waals surface area contributed by atoms with Crippen LogP contribution >= 0.6 is 0 Å². The topological polar surface area (TPSA) is 63.3 Å². The van der Waals surface area contributed by atoms with Crippen molar-refractivity contribution in [2.24, 2.45) is 5.73 Å². The summed E-state index contributed by atoms with van der Waals surface area (Å²) < 4.78 is 13.5. The molecule has 3 nitrogen and oxygen atoms in total. The van der Waals surface area contributed by atoms with E-state index >= 15 is 0 Å². The second-order valence-corrected chi connectivity index (χ2v) is 3.48. The highest BCUT2D eigenvalue weighted by Gasteiger charge is 2.40. The summed E-state index contributed by atoms with van der Waals surface area (Å²) in [5.41, 5.74) is 3.47. The Morgan fingerprint density at radius 1 is 1.58 bits per heavy atom. The van der Waals surface area contributed by atoms with Crippen molar-refractivity contribution in [1.29, 1.82) is 0 Å². The molecule has 3 N–H and O–H groups in total. The number of carbonyl (C=O) groups is 1. The molecule has 1 rings (SSSR count). The minimum atomic E-state index is -2.07. The van der Waals surface area contributed by atoms with E-state index in [1.54, 1.807) is 0 Å². The number of rotatable bonds is 1. The summed E-state index contributed by atoms with van der Waals surface area (Å²) in [6.07, 6.45) is 2.26. The van der Waals surface area contributed by atoms with Gasteiger partial charge in [0, 0.05) is 12.5 Å². The zero-order valence-electron chi connectivity index (χ0n) is 6.92. The predicted octanol–water partition coefficient (Wildman–Crippen LogP) is 1.07. The molecule has 0 aliphatic heterocycles. The zero-order valence-corrected chi connectivity index (χ0v) is 6.92. The van der Waals surface area contributed by atoms with Crippen LogP contribution in [0.25, 0.3) is 0 Å². The van der Waals surface area contributed by atoms with E-state index in [1.807, 2.05) is 0 Å². The first-order chi connectivity index (χ1) is 5.54. The maximum atomic E-state index is 13.5. The number of carboxylic acid groups (broad SMARTS) is 1. The summed E-state index contributed by atoms with van der Waals surface area (Å²) in [6, 6.07) is -0.298. The quantitative estimate of drug-likeness (QED) is 0.586. The lowest BCUT2D eigenvalue weighted by Gasteiger charge is -2.20. The van der Waals surface area contributed by atoms with Crippen molar-refractivity contribution in [1.82, 2.24) is 0 Å². The fraction of sp³-hybridized carbons (Fsp3) is 0.875.